The van der Waals surface area contributed by atoms with Crippen molar-refractivity contribution in [2.45, 2.75) is 64.1 Å². The van der Waals surface area contributed by atoms with Gasteiger partial charge in [0, 0.05) is 6.42 Å². The smallest absolute Gasteiger partial charge is 0.306 e. The predicted octanol–water partition coefficient (Wildman–Crippen LogP) is 2.68. The van der Waals surface area contributed by atoms with Gasteiger partial charge in [0.1, 0.15) is 5.60 Å². The number of carbonyl (C=O) groups is 1. The molecule has 0 amide bonds. The summed E-state index contributed by atoms with van der Waals surface area (Å²) < 4.78 is 10.8. The van der Waals surface area contributed by atoms with Crippen molar-refractivity contribution >= 4 is 5.97 Å². The highest BCUT2D eigenvalue weighted by atomic mass is 16.6. The van der Waals surface area contributed by atoms with Crippen LogP contribution in [0.3, 0.4) is 0 Å². The summed E-state index contributed by atoms with van der Waals surface area (Å²) in [6.45, 7) is 6.68. The number of carbonyl (C=O) groups excluding carboxylic acids is 1. The highest BCUT2D eigenvalue weighted by Crippen LogP contribution is 2.44. The van der Waals surface area contributed by atoms with Crippen LogP contribution in [0.2, 0.25) is 0 Å². The third kappa shape index (κ3) is 3.21. The van der Waals surface area contributed by atoms with Crippen LogP contribution in [0.1, 0.15) is 52.9 Å². The van der Waals surface area contributed by atoms with E-state index in [0.29, 0.717) is 12.3 Å². The number of ether oxygens (including phenoxy) is 2. The summed E-state index contributed by atoms with van der Waals surface area (Å²) in [5.41, 5.74) is -0.128. The van der Waals surface area contributed by atoms with E-state index >= 15 is 0 Å². The molecular formula is C13H22O3. The molecule has 1 saturated heterocycles. The normalized spacial score (nSPS) is 33.8. The maximum absolute atomic E-state index is 11.7. The fourth-order valence-electron chi connectivity index (χ4n) is 2.42. The number of hydrogen-bond acceptors (Lipinski definition) is 3. The third-order valence-electron chi connectivity index (χ3n) is 3.44. The Morgan fingerprint density at radius 3 is 2.38 bits per heavy atom. The molecule has 1 saturated carbocycles. The Morgan fingerprint density at radius 1 is 1.38 bits per heavy atom. The molecule has 3 heteroatoms. The molecule has 0 aromatic rings. The van der Waals surface area contributed by atoms with Gasteiger partial charge in [-0.2, -0.15) is 0 Å². The molecule has 1 aliphatic carbocycles. The Kier molecular flexibility index (Phi) is 2.99. The van der Waals surface area contributed by atoms with Crippen LogP contribution in [-0.2, 0) is 14.3 Å². The van der Waals surface area contributed by atoms with Crippen LogP contribution in [0.15, 0.2) is 0 Å². The predicted molar refractivity (Wildman–Crippen MR) is 61.1 cm³/mol. The van der Waals surface area contributed by atoms with Gasteiger partial charge in [0.2, 0.25) is 0 Å². The molecular weight excluding hydrogens is 204 g/mol. The van der Waals surface area contributed by atoms with Gasteiger partial charge in [-0.15, -0.1) is 0 Å². The SMILES string of the molecule is CC(C)(C)OC(=O)CC1CCC2(CC1)CO2. The van der Waals surface area contributed by atoms with Gasteiger partial charge in [-0.05, 0) is 52.4 Å². The summed E-state index contributed by atoms with van der Waals surface area (Å²) in [6, 6.07) is 0. The number of rotatable bonds is 2. The Labute approximate surface area is 97.5 Å². The van der Waals surface area contributed by atoms with Crippen LogP contribution in [0, 0.1) is 5.92 Å². The lowest BCUT2D eigenvalue weighted by Crippen LogP contribution is -2.28. The lowest BCUT2D eigenvalue weighted by atomic mass is 9.80. The van der Waals surface area contributed by atoms with E-state index in [1.807, 2.05) is 20.8 Å². The summed E-state index contributed by atoms with van der Waals surface area (Å²) in [5, 5.41) is 0. The van der Waals surface area contributed by atoms with Crippen molar-refractivity contribution in [1.29, 1.82) is 0 Å². The minimum absolute atomic E-state index is 0.0508. The van der Waals surface area contributed by atoms with Gasteiger partial charge in [0.25, 0.3) is 0 Å². The highest BCUT2D eigenvalue weighted by Gasteiger charge is 2.47. The summed E-state index contributed by atoms with van der Waals surface area (Å²) in [7, 11) is 0. The van der Waals surface area contributed by atoms with E-state index in [1.54, 1.807) is 0 Å². The molecule has 92 valence electrons. The topological polar surface area (TPSA) is 38.8 Å². The van der Waals surface area contributed by atoms with E-state index in [-0.39, 0.29) is 17.2 Å². The minimum Gasteiger partial charge on any atom is -0.460 e. The summed E-state index contributed by atoms with van der Waals surface area (Å²) in [5.74, 6) is 0.454. The van der Waals surface area contributed by atoms with Crippen molar-refractivity contribution in [3.63, 3.8) is 0 Å². The molecule has 0 radical (unpaired) electrons. The van der Waals surface area contributed by atoms with Crippen molar-refractivity contribution in [3.05, 3.63) is 0 Å². The van der Waals surface area contributed by atoms with E-state index < -0.39 is 0 Å². The largest absolute Gasteiger partial charge is 0.460 e. The van der Waals surface area contributed by atoms with Crippen LogP contribution in [0.4, 0.5) is 0 Å². The second-order valence-electron chi connectivity index (χ2n) is 6.21. The van der Waals surface area contributed by atoms with Crippen molar-refractivity contribution < 1.29 is 14.3 Å². The third-order valence-corrected chi connectivity index (χ3v) is 3.44. The Morgan fingerprint density at radius 2 is 1.94 bits per heavy atom. The van der Waals surface area contributed by atoms with Crippen LogP contribution in [-0.4, -0.2) is 23.8 Å². The molecule has 3 nitrogen and oxygen atoms in total. The van der Waals surface area contributed by atoms with Crippen molar-refractivity contribution in [2.24, 2.45) is 5.92 Å². The Hall–Kier alpha value is -0.570. The number of epoxide rings is 1. The number of hydrogen-bond donors (Lipinski definition) is 0. The molecule has 0 atom stereocenters. The van der Waals surface area contributed by atoms with Crippen LogP contribution in [0.5, 0.6) is 0 Å². The monoisotopic (exact) mass is 226 g/mol. The highest BCUT2D eigenvalue weighted by molar-refractivity contribution is 5.70. The first-order valence-corrected chi connectivity index (χ1v) is 6.24. The first-order valence-electron chi connectivity index (χ1n) is 6.24. The Bertz CT molecular complexity index is 263. The van der Waals surface area contributed by atoms with Gasteiger partial charge in [-0.1, -0.05) is 0 Å². The van der Waals surface area contributed by atoms with Gasteiger partial charge in [0.15, 0.2) is 0 Å². The zero-order valence-corrected chi connectivity index (χ0v) is 10.5. The summed E-state index contributed by atoms with van der Waals surface area (Å²) in [4.78, 5) is 11.7. The van der Waals surface area contributed by atoms with Gasteiger partial charge in [0.05, 0.1) is 12.2 Å². The molecule has 0 aromatic heterocycles. The van der Waals surface area contributed by atoms with E-state index in [9.17, 15) is 4.79 Å². The van der Waals surface area contributed by atoms with Gasteiger partial charge in [-0.25, -0.2) is 0 Å². The fourth-order valence-corrected chi connectivity index (χ4v) is 2.42. The molecule has 1 aliphatic heterocycles. The first kappa shape index (κ1) is 11.9. The average Bonchev–Trinajstić information content (AvgIpc) is 2.87. The van der Waals surface area contributed by atoms with Gasteiger partial charge >= 0.3 is 5.97 Å². The quantitative estimate of drug-likeness (QED) is 0.537. The summed E-state index contributed by atoms with van der Waals surface area (Å²) >= 11 is 0. The average molecular weight is 226 g/mol. The molecule has 2 aliphatic rings. The molecule has 1 heterocycles. The maximum atomic E-state index is 11.7. The molecule has 16 heavy (non-hydrogen) atoms. The molecule has 0 unspecified atom stereocenters. The first-order chi connectivity index (χ1) is 7.39. The second kappa shape index (κ2) is 4.02. The molecule has 0 bridgehead atoms. The maximum Gasteiger partial charge on any atom is 0.306 e. The van der Waals surface area contributed by atoms with E-state index in [4.69, 9.17) is 9.47 Å². The van der Waals surface area contributed by atoms with Crippen LogP contribution < -0.4 is 0 Å². The van der Waals surface area contributed by atoms with Crippen molar-refractivity contribution in [1.82, 2.24) is 0 Å². The molecule has 0 aromatic carbocycles. The van der Waals surface area contributed by atoms with E-state index in [2.05, 4.69) is 0 Å². The zero-order chi connectivity index (χ0) is 11.8. The zero-order valence-electron chi connectivity index (χ0n) is 10.5. The lowest BCUT2D eigenvalue weighted by molar-refractivity contribution is -0.156. The minimum atomic E-state index is -0.355. The van der Waals surface area contributed by atoms with Crippen LogP contribution in [0.25, 0.3) is 0 Å². The van der Waals surface area contributed by atoms with Gasteiger partial charge < -0.3 is 9.47 Å². The van der Waals surface area contributed by atoms with Gasteiger partial charge in [-0.3, -0.25) is 4.79 Å². The molecule has 1 spiro atoms. The van der Waals surface area contributed by atoms with Crippen molar-refractivity contribution in [3.8, 4) is 0 Å². The fraction of sp³-hybridized carbons (Fsp3) is 0.923. The summed E-state index contributed by atoms with van der Waals surface area (Å²) in [6.07, 6.45) is 5.05. The molecule has 2 rings (SSSR count). The van der Waals surface area contributed by atoms with Crippen molar-refractivity contribution in [2.75, 3.05) is 6.61 Å². The van der Waals surface area contributed by atoms with Crippen LogP contribution >= 0.6 is 0 Å². The number of esters is 1. The lowest BCUT2D eigenvalue weighted by Gasteiger charge is -2.27. The molecule has 0 N–H and O–H groups in total. The molecule has 2 fully saturated rings. The second-order valence-corrected chi connectivity index (χ2v) is 6.21. The Balaban J connectivity index is 1.72. The standard InChI is InChI=1S/C13H22O3/c1-12(2,3)16-11(14)8-10-4-6-13(7-5-10)9-15-13/h10H,4-9H2,1-3H3. The van der Waals surface area contributed by atoms with E-state index in [1.165, 1.54) is 0 Å². The van der Waals surface area contributed by atoms with E-state index in [0.717, 1.165) is 32.3 Å².